The summed E-state index contributed by atoms with van der Waals surface area (Å²) in [6.45, 7) is 6.67. The SMILES string of the molecule is CCNc1ncc(Br)c(N(CCOC)C(C)C2CC2)n1. The fourth-order valence-electron chi connectivity index (χ4n) is 2.33. The minimum absolute atomic E-state index is 0.478. The monoisotopic (exact) mass is 342 g/mol. The normalized spacial score (nSPS) is 16.0. The molecule has 0 aliphatic heterocycles. The lowest BCUT2D eigenvalue weighted by atomic mass is 10.2. The second kappa shape index (κ2) is 7.22. The highest BCUT2D eigenvalue weighted by atomic mass is 79.9. The predicted octanol–water partition coefficient (Wildman–Crippen LogP) is 2.92. The summed E-state index contributed by atoms with van der Waals surface area (Å²) in [6.07, 6.45) is 4.45. The molecule has 112 valence electrons. The Kier molecular flexibility index (Phi) is 5.60. The third kappa shape index (κ3) is 3.82. The molecule has 6 heteroatoms. The van der Waals surface area contributed by atoms with Crippen LogP contribution in [0.2, 0.25) is 0 Å². The maximum absolute atomic E-state index is 5.25. The van der Waals surface area contributed by atoms with Crippen LogP contribution >= 0.6 is 15.9 Å². The maximum Gasteiger partial charge on any atom is 0.224 e. The number of anilines is 2. The summed E-state index contributed by atoms with van der Waals surface area (Å²) in [5, 5.41) is 3.17. The Labute approximate surface area is 129 Å². The van der Waals surface area contributed by atoms with Crippen LogP contribution in [0.5, 0.6) is 0 Å². The van der Waals surface area contributed by atoms with Gasteiger partial charge in [-0.3, -0.25) is 0 Å². The number of aromatic nitrogens is 2. The van der Waals surface area contributed by atoms with Gasteiger partial charge < -0.3 is 15.0 Å². The van der Waals surface area contributed by atoms with Crippen molar-refractivity contribution >= 4 is 27.7 Å². The Morgan fingerprint density at radius 1 is 1.55 bits per heavy atom. The van der Waals surface area contributed by atoms with E-state index in [1.165, 1.54) is 12.8 Å². The Morgan fingerprint density at radius 2 is 2.30 bits per heavy atom. The Morgan fingerprint density at radius 3 is 2.90 bits per heavy atom. The van der Waals surface area contributed by atoms with Crippen LogP contribution in [0.15, 0.2) is 10.7 Å². The smallest absolute Gasteiger partial charge is 0.224 e. The first-order valence-electron chi connectivity index (χ1n) is 7.19. The van der Waals surface area contributed by atoms with Gasteiger partial charge in [0.2, 0.25) is 5.95 Å². The third-order valence-corrected chi connectivity index (χ3v) is 4.22. The summed E-state index contributed by atoms with van der Waals surface area (Å²) in [4.78, 5) is 11.3. The van der Waals surface area contributed by atoms with Gasteiger partial charge in [0.1, 0.15) is 5.82 Å². The lowest BCUT2D eigenvalue weighted by molar-refractivity contribution is 0.202. The molecule has 1 N–H and O–H groups in total. The van der Waals surface area contributed by atoms with Crippen molar-refractivity contribution in [3.05, 3.63) is 10.7 Å². The molecule has 0 saturated heterocycles. The summed E-state index contributed by atoms with van der Waals surface area (Å²) < 4.78 is 6.18. The molecule has 1 fully saturated rings. The molecule has 0 aromatic carbocycles. The van der Waals surface area contributed by atoms with Crippen LogP contribution in [0, 0.1) is 5.92 Å². The zero-order valence-electron chi connectivity index (χ0n) is 12.4. The molecule has 0 amide bonds. The van der Waals surface area contributed by atoms with Crippen LogP contribution < -0.4 is 10.2 Å². The van der Waals surface area contributed by atoms with Crippen molar-refractivity contribution in [3.63, 3.8) is 0 Å². The molecule has 1 unspecified atom stereocenters. The van der Waals surface area contributed by atoms with Crippen molar-refractivity contribution < 1.29 is 4.74 Å². The summed E-state index contributed by atoms with van der Waals surface area (Å²) in [5.74, 6) is 2.40. The average Bonchev–Trinajstić information content (AvgIpc) is 3.27. The molecule has 1 aliphatic carbocycles. The van der Waals surface area contributed by atoms with Gasteiger partial charge in [0.15, 0.2) is 0 Å². The van der Waals surface area contributed by atoms with Gasteiger partial charge in [-0.25, -0.2) is 4.98 Å². The van der Waals surface area contributed by atoms with Crippen LogP contribution in [-0.4, -0.2) is 42.8 Å². The number of ether oxygens (including phenoxy) is 1. The number of nitrogens with zero attached hydrogens (tertiary/aromatic N) is 3. The van der Waals surface area contributed by atoms with E-state index >= 15 is 0 Å². The first-order valence-corrected chi connectivity index (χ1v) is 7.98. The molecule has 20 heavy (non-hydrogen) atoms. The molecule has 0 spiro atoms. The summed E-state index contributed by atoms with van der Waals surface area (Å²) in [5.41, 5.74) is 0. The zero-order valence-corrected chi connectivity index (χ0v) is 14.0. The molecular formula is C14H23BrN4O. The zero-order chi connectivity index (χ0) is 14.5. The standard InChI is InChI=1S/C14H23BrN4O/c1-4-16-14-17-9-12(15)13(18-14)19(7-8-20-3)10(2)11-5-6-11/h9-11H,4-8H2,1-3H3,(H,16,17,18). The predicted molar refractivity (Wildman–Crippen MR) is 85.3 cm³/mol. The van der Waals surface area contributed by atoms with Crippen LogP contribution in [0.3, 0.4) is 0 Å². The van der Waals surface area contributed by atoms with Gasteiger partial charge in [-0.1, -0.05) is 0 Å². The number of methoxy groups -OCH3 is 1. The lowest BCUT2D eigenvalue weighted by Gasteiger charge is -2.31. The molecule has 0 radical (unpaired) electrons. The van der Waals surface area contributed by atoms with E-state index in [-0.39, 0.29) is 0 Å². The number of hydrogen-bond donors (Lipinski definition) is 1. The summed E-state index contributed by atoms with van der Waals surface area (Å²) in [6, 6.07) is 0.478. The van der Waals surface area contributed by atoms with Crippen molar-refractivity contribution in [1.82, 2.24) is 9.97 Å². The number of halogens is 1. The molecule has 2 rings (SSSR count). The minimum atomic E-state index is 0.478. The van der Waals surface area contributed by atoms with E-state index in [2.05, 4.69) is 43.0 Å². The molecular weight excluding hydrogens is 320 g/mol. The highest BCUT2D eigenvalue weighted by Crippen LogP contribution is 2.38. The van der Waals surface area contributed by atoms with Crippen molar-refractivity contribution in [2.75, 3.05) is 37.0 Å². The lowest BCUT2D eigenvalue weighted by Crippen LogP contribution is -2.38. The third-order valence-electron chi connectivity index (χ3n) is 3.66. The fourth-order valence-corrected chi connectivity index (χ4v) is 2.75. The first kappa shape index (κ1) is 15.5. The van der Waals surface area contributed by atoms with Crippen molar-refractivity contribution in [1.29, 1.82) is 0 Å². The Bertz CT molecular complexity index is 439. The van der Waals surface area contributed by atoms with E-state index in [9.17, 15) is 0 Å². The average molecular weight is 343 g/mol. The van der Waals surface area contributed by atoms with Crippen LogP contribution in [-0.2, 0) is 4.74 Å². The molecule has 1 heterocycles. The molecule has 1 aromatic heterocycles. The van der Waals surface area contributed by atoms with E-state index in [1.807, 2.05) is 13.1 Å². The summed E-state index contributed by atoms with van der Waals surface area (Å²) >= 11 is 3.58. The van der Waals surface area contributed by atoms with Gasteiger partial charge in [-0.05, 0) is 48.5 Å². The van der Waals surface area contributed by atoms with E-state index in [4.69, 9.17) is 4.74 Å². The highest BCUT2D eigenvalue weighted by Gasteiger charge is 2.33. The van der Waals surface area contributed by atoms with Gasteiger partial charge in [0.25, 0.3) is 0 Å². The second-order valence-corrected chi connectivity index (χ2v) is 6.01. The van der Waals surface area contributed by atoms with Crippen molar-refractivity contribution in [3.8, 4) is 0 Å². The van der Waals surface area contributed by atoms with Crippen LogP contribution in [0.4, 0.5) is 11.8 Å². The van der Waals surface area contributed by atoms with E-state index in [1.54, 1.807) is 7.11 Å². The van der Waals surface area contributed by atoms with Crippen LogP contribution in [0.1, 0.15) is 26.7 Å². The summed E-state index contributed by atoms with van der Waals surface area (Å²) in [7, 11) is 1.74. The van der Waals surface area contributed by atoms with E-state index < -0.39 is 0 Å². The van der Waals surface area contributed by atoms with Gasteiger partial charge >= 0.3 is 0 Å². The van der Waals surface area contributed by atoms with Gasteiger partial charge in [0, 0.05) is 32.4 Å². The van der Waals surface area contributed by atoms with E-state index in [0.717, 1.165) is 29.3 Å². The number of hydrogen-bond acceptors (Lipinski definition) is 5. The highest BCUT2D eigenvalue weighted by molar-refractivity contribution is 9.10. The van der Waals surface area contributed by atoms with Crippen molar-refractivity contribution in [2.24, 2.45) is 5.92 Å². The largest absolute Gasteiger partial charge is 0.383 e. The van der Waals surface area contributed by atoms with Gasteiger partial charge in [-0.2, -0.15) is 4.98 Å². The fraction of sp³-hybridized carbons (Fsp3) is 0.714. The second-order valence-electron chi connectivity index (χ2n) is 5.16. The first-order chi connectivity index (χ1) is 9.67. The molecule has 0 bridgehead atoms. The minimum Gasteiger partial charge on any atom is -0.383 e. The number of nitrogens with one attached hydrogen (secondary N) is 1. The quantitative estimate of drug-likeness (QED) is 0.787. The maximum atomic E-state index is 5.25. The van der Waals surface area contributed by atoms with Gasteiger partial charge in [0.05, 0.1) is 11.1 Å². The van der Waals surface area contributed by atoms with E-state index in [0.29, 0.717) is 18.6 Å². The molecule has 1 atom stereocenters. The van der Waals surface area contributed by atoms with Crippen LogP contribution in [0.25, 0.3) is 0 Å². The molecule has 1 aliphatic rings. The Balaban J connectivity index is 2.23. The topological polar surface area (TPSA) is 50.3 Å². The molecule has 1 aromatic rings. The Hall–Kier alpha value is -0.880. The number of rotatable bonds is 8. The van der Waals surface area contributed by atoms with Crippen molar-refractivity contribution in [2.45, 2.75) is 32.7 Å². The molecule has 1 saturated carbocycles. The van der Waals surface area contributed by atoms with Gasteiger partial charge in [-0.15, -0.1) is 0 Å². The molecule has 5 nitrogen and oxygen atoms in total.